The molecule has 4 heteroatoms. The van der Waals surface area contributed by atoms with E-state index in [2.05, 4.69) is 76.9 Å². The van der Waals surface area contributed by atoms with Gasteiger partial charge in [0.15, 0.2) is 0 Å². The number of likely N-dealkylation sites (tertiary alicyclic amines) is 1. The molecule has 3 N–H and O–H groups in total. The summed E-state index contributed by atoms with van der Waals surface area (Å²) < 4.78 is 5.27. The Hall–Kier alpha value is -2.66. The Bertz CT molecular complexity index is 951. The molecule has 0 aliphatic carbocycles. The molecular weight excluding hydrogens is 382 g/mol. The minimum Gasteiger partial charge on any atom is -0.398 e. The molecule has 4 nitrogen and oxygen atoms in total. The smallest absolute Gasteiger partial charge is 0.0713 e. The van der Waals surface area contributed by atoms with E-state index in [1.807, 2.05) is 12.1 Å². The molecular formula is C27H33N3O. The Morgan fingerprint density at radius 1 is 0.935 bits per heavy atom. The number of nitrogens with zero attached hydrogens (tertiary/aromatic N) is 1. The number of benzene rings is 3. The van der Waals surface area contributed by atoms with Crippen LogP contribution >= 0.6 is 0 Å². The number of hydrogen-bond acceptors (Lipinski definition) is 4. The van der Waals surface area contributed by atoms with Gasteiger partial charge in [-0.3, -0.25) is 4.90 Å². The van der Waals surface area contributed by atoms with E-state index < -0.39 is 0 Å². The van der Waals surface area contributed by atoms with E-state index in [1.165, 1.54) is 16.7 Å². The number of nitrogens with two attached hydrogens (primary N) is 1. The summed E-state index contributed by atoms with van der Waals surface area (Å²) in [4.78, 5) is 2.55. The van der Waals surface area contributed by atoms with Crippen molar-refractivity contribution in [3.8, 4) is 0 Å². The van der Waals surface area contributed by atoms with Crippen LogP contribution in [0.3, 0.4) is 0 Å². The maximum Gasteiger partial charge on any atom is 0.0713 e. The first kappa shape index (κ1) is 21.6. The van der Waals surface area contributed by atoms with E-state index in [0.717, 1.165) is 43.7 Å². The minimum absolute atomic E-state index is 0.115. The lowest BCUT2D eigenvalue weighted by atomic mass is 9.94. The highest BCUT2D eigenvalue weighted by Gasteiger charge is 2.24. The van der Waals surface area contributed by atoms with E-state index in [-0.39, 0.29) is 6.04 Å². The molecule has 1 aliphatic heterocycles. The molecule has 3 aromatic carbocycles. The van der Waals surface area contributed by atoms with Gasteiger partial charge in [0.1, 0.15) is 0 Å². The second-order valence-corrected chi connectivity index (χ2v) is 8.44. The molecule has 1 aliphatic rings. The number of methoxy groups -OCH3 is 1. The van der Waals surface area contributed by atoms with E-state index in [9.17, 15) is 0 Å². The molecule has 0 spiro atoms. The van der Waals surface area contributed by atoms with E-state index in [0.29, 0.717) is 12.6 Å². The monoisotopic (exact) mass is 415 g/mol. The lowest BCUT2D eigenvalue weighted by molar-refractivity contribution is 0.182. The van der Waals surface area contributed by atoms with Crippen LogP contribution in [0.5, 0.6) is 0 Å². The highest BCUT2D eigenvalue weighted by atomic mass is 16.5. The number of para-hydroxylation sites is 1. The van der Waals surface area contributed by atoms with Crippen LogP contribution in [0.4, 0.5) is 5.69 Å². The molecule has 0 bridgehead atoms. The zero-order valence-electron chi connectivity index (χ0n) is 18.3. The topological polar surface area (TPSA) is 50.5 Å². The average molecular weight is 416 g/mol. The first-order valence-corrected chi connectivity index (χ1v) is 11.2. The van der Waals surface area contributed by atoms with Crippen LogP contribution in [-0.2, 0) is 17.9 Å². The molecule has 0 amide bonds. The number of piperidine rings is 1. The number of rotatable bonds is 8. The Morgan fingerprint density at radius 2 is 1.65 bits per heavy atom. The van der Waals surface area contributed by atoms with Crippen LogP contribution in [0.1, 0.15) is 41.1 Å². The maximum atomic E-state index is 6.35. The largest absolute Gasteiger partial charge is 0.398 e. The van der Waals surface area contributed by atoms with Crippen LogP contribution < -0.4 is 11.1 Å². The molecule has 0 saturated carbocycles. The van der Waals surface area contributed by atoms with Gasteiger partial charge in [0.2, 0.25) is 0 Å². The Kier molecular flexibility index (Phi) is 7.36. The van der Waals surface area contributed by atoms with Gasteiger partial charge in [-0.2, -0.15) is 0 Å². The van der Waals surface area contributed by atoms with Crippen molar-refractivity contribution in [3.63, 3.8) is 0 Å². The van der Waals surface area contributed by atoms with E-state index in [1.54, 1.807) is 7.11 Å². The highest BCUT2D eigenvalue weighted by Crippen LogP contribution is 2.28. The second kappa shape index (κ2) is 10.6. The van der Waals surface area contributed by atoms with Crippen LogP contribution in [0.15, 0.2) is 78.9 Å². The standard InChI is InChI=1S/C27H33N3O/c1-31-20-22-9-7-8-21(18-22)19-30-16-14-24(15-17-30)29-27(23-10-3-2-4-11-23)25-12-5-6-13-26(25)28/h2-13,18,24,27,29H,14-17,19-20,28H2,1H3. The normalized spacial score (nSPS) is 16.3. The Balaban J connectivity index is 1.39. The van der Waals surface area contributed by atoms with Crippen LogP contribution in [-0.4, -0.2) is 31.1 Å². The van der Waals surface area contributed by atoms with Crippen molar-refractivity contribution in [2.45, 2.75) is 38.1 Å². The van der Waals surface area contributed by atoms with Crippen LogP contribution in [0.2, 0.25) is 0 Å². The van der Waals surface area contributed by atoms with Gasteiger partial charge in [-0.1, -0.05) is 72.8 Å². The summed E-state index contributed by atoms with van der Waals surface area (Å²) in [5, 5.41) is 3.92. The predicted molar refractivity (Wildman–Crippen MR) is 128 cm³/mol. The number of hydrogen-bond donors (Lipinski definition) is 2. The summed E-state index contributed by atoms with van der Waals surface area (Å²) in [5.41, 5.74) is 12.2. The van der Waals surface area contributed by atoms with Crippen molar-refractivity contribution in [1.82, 2.24) is 10.2 Å². The minimum atomic E-state index is 0.115. The van der Waals surface area contributed by atoms with Gasteiger partial charge >= 0.3 is 0 Å². The van der Waals surface area contributed by atoms with Gasteiger partial charge in [0, 0.05) is 25.4 Å². The fraction of sp³-hybridized carbons (Fsp3) is 0.333. The number of nitrogen functional groups attached to an aromatic ring is 1. The molecule has 1 unspecified atom stereocenters. The average Bonchev–Trinajstić information content (AvgIpc) is 2.80. The molecule has 1 atom stereocenters. The first-order chi connectivity index (χ1) is 15.2. The molecule has 1 saturated heterocycles. The lowest BCUT2D eigenvalue weighted by Crippen LogP contribution is -2.43. The van der Waals surface area contributed by atoms with Crippen LogP contribution in [0, 0.1) is 0 Å². The summed E-state index contributed by atoms with van der Waals surface area (Å²) in [7, 11) is 1.75. The zero-order valence-corrected chi connectivity index (χ0v) is 18.3. The van der Waals surface area contributed by atoms with Gasteiger partial charge in [0.25, 0.3) is 0 Å². The summed E-state index contributed by atoms with van der Waals surface area (Å²) >= 11 is 0. The van der Waals surface area contributed by atoms with Crippen molar-refractivity contribution in [3.05, 3.63) is 101 Å². The number of anilines is 1. The third kappa shape index (κ3) is 5.73. The Labute approximate surface area is 186 Å². The second-order valence-electron chi connectivity index (χ2n) is 8.44. The maximum absolute atomic E-state index is 6.35. The van der Waals surface area contributed by atoms with Gasteiger partial charge in [-0.05, 0) is 54.3 Å². The molecule has 1 fully saturated rings. The van der Waals surface area contributed by atoms with Gasteiger partial charge in [0.05, 0.1) is 12.6 Å². The number of ether oxygens (including phenoxy) is 1. The van der Waals surface area contributed by atoms with Crippen molar-refractivity contribution in [2.75, 3.05) is 25.9 Å². The fourth-order valence-electron chi connectivity index (χ4n) is 4.52. The summed E-state index contributed by atoms with van der Waals surface area (Å²) in [6.07, 6.45) is 2.27. The molecule has 3 aromatic rings. The molecule has 0 aromatic heterocycles. The molecule has 4 rings (SSSR count). The molecule has 0 radical (unpaired) electrons. The fourth-order valence-corrected chi connectivity index (χ4v) is 4.52. The van der Waals surface area contributed by atoms with Gasteiger partial charge in [-0.25, -0.2) is 0 Å². The van der Waals surface area contributed by atoms with Crippen molar-refractivity contribution < 1.29 is 4.74 Å². The summed E-state index contributed by atoms with van der Waals surface area (Å²) in [6, 6.07) is 28.2. The molecule has 1 heterocycles. The SMILES string of the molecule is COCc1cccc(CN2CCC(NC(c3ccccc3)c3ccccc3N)CC2)c1. The predicted octanol–water partition coefficient (Wildman–Crippen LogP) is 4.76. The molecule has 162 valence electrons. The number of nitrogens with one attached hydrogen (secondary N) is 1. The third-order valence-electron chi connectivity index (χ3n) is 6.14. The zero-order chi connectivity index (χ0) is 21.5. The van der Waals surface area contributed by atoms with E-state index >= 15 is 0 Å². The third-order valence-corrected chi connectivity index (χ3v) is 6.14. The first-order valence-electron chi connectivity index (χ1n) is 11.2. The van der Waals surface area contributed by atoms with Crippen molar-refractivity contribution in [2.24, 2.45) is 0 Å². The quantitative estimate of drug-likeness (QED) is 0.521. The Morgan fingerprint density at radius 3 is 2.39 bits per heavy atom. The van der Waals surface area contributed by atoms with Crippen molar-refractivity contribution >= 4 is 5.69 Å². The summed E-state index contributed by atoms with van der Waals surface area (Å²) in [5.74, 6) is 0. The highest BCUT2D eigenvalue weighted by molar-refractivity contribution is 5.51. The summed E-state index contributed by atoms with van der Waals surface area (Å²) in [6.45, 7) is 3.86. The lowest BCUT2D eigenvalue weighted by Gasteiger charge is -2.35. The van der Waals surface area contributed by atoms with Gasteiger partial charge < -0.3 is 15.8 Å². The van der Waals surface area contributed by atoms with Crippen molar-refractivity contribution in [1.29, 1.82) is 0 Å². The van der Waals surface area contributed by atoms with Gasteiger partial charge in [-0.15, -0.1) is 0 Å². The van der Waals surface area contributed by atoms with Crippen LogP contribution in [0.25, 0.3) is 0 Å². The molecule has 31 heavy (non-hydrogen) atoms. The van der Waals surface area contributed by atoms with E-state index in [4.69, 9.17) is 10.5 Å².